The fourth-order valence-electron chi connectivity index (χ4n) is 2.66. The molecule has 0 saturated heterocycles. The van der Waals surface area contributed by atoms with Gasteiger partial charge in [-0.25, -0.2) is 13.2 Å². The molecule has 0 radical (unpaired) electrons. The summed E-state index contributed by atoms with van der Waals surface area (Å²) in [6.07, 6.45) is 0.312. The highest BCUT2D eigenvalue weighted by Crippen LogP contribution is 2.29. The monoisotopic (exact) mass is 375 g/mol. The van der Waals surface area contributed by atoms with Crippen molar-refractivity contribution in [2.45, 2.75) is 19.9 Å². The molecule has 5 nitrogen and oxygen atoms in total. The molecule has 1 aromatic carbocycles. The first kappa shape index (κ1) is 16.6. The smallest absolute Gasteiger partial charge is 0.256 e. The molecule has 0 N–H and O–H groups in total. The van der Waals surface area contributed by atoms with Crippen LogP contribution in [-0.4, -0.2) is 25.0 Å². The van der Waals surface area contributed by atoms with Crippen molar-refractivity contribution in [1.29, 1.82) is 0 Å². The first-order valence-electron chi connectivity index (χ1n) is 7.70. The molecule has 0 bridgehead atoms. The van der Waals surface area contributed by atoms with Crippen molar-refractivity contribution < 1.29 is 13.2 Å². The lowest BCUT2D eigenvalue weighted by atomic mass is 10.0. The Labute approximate surface area is 150 Å². The number of benzene rings is 1. The number of aryl methyl sites for hydroxylation is 1. The minimum absolute atomic E-state index is 0.436. The van der Waals surface area contributed by atoms with Crippen LogP contribution in [0, 0.1) is 12.7 Å². The minimum Gasteiger partial charge on any atom is -0.256 e. The van der Waals surface area contributed by atoms with Crippen LogP contribution in [0.5, 0.6) is 0 Å². The fraction of sp³-hybridized carbons (Fsp3) is 0.176. The van der Waals surface area contributed by atoms with Crippen LogP contribution in [0.4, 0.5) is 13.2 Å². The van der Waals surface area contributed by atoms with Crippen LogP contribution in [-0.2, 0) is 6.54 Å². The second kappa shape index (κ2) is 6.49. The molecule has 0 atom stereocenters. The maximum Gasteiger partial charge on any atom is 0.266 e. The van der Waals surface area contributed by atoms with Crippen molar-refractivity contribution in [3.63, 3.8) is 0 Å². The number of hydrogen-bond donors (Lipinski definition) is 0. The van der Waals surface area contributed by atoms with Crippen LogP contribution in [0.25, 0.3) is 22.2 Å². The number of rotatable bonds is 4. The lowest BCUT2D eigenvalue weighted by Gasteiger charge is -2.07. The second-order valence-corrected chi connectivity index (χ2v) is 6.95. The highest BCUT2D eigenvalue weighted by atomic mass is 32.1. The van der Waals surface area contributed by atoms with E-state index >= 15 is 0 Å². The number of alkyl halides is 2. The van der Waals surface area contributed by atoms with Crippen molar-refractivity contribution in [3.8, 4) is 11.1 Å². The third-order valence-electron chi connectivity index (χ3n) is 3.91. The Kier molecular flexibility index (Phi) is 4.15. The predicted octanol–water partition coefficient (Wildman–Crippen LogP) is 4.38. The summed E-state index contributed by atoms with van der Waals surface area (Å²) in [7, 11) is 0. The molecule has 26 heavy (non-hydrogen) atoms. The number of fused-ring (bicyclic) bond motifs is 1. The Morgan fingerprint density at radius 2 is 1.96 bits per heavy atom. The minimum atomic E-state index is -2.88. The molecular formula is C17H12F3N5S. The van der Waals surface area contributed by atoms with Crippen molar-refractivity contribution in [2.75, 3.05) is 0 Å². The molecule has 132 valence electrons. The molecule has 0 saturated carbocycles. The van der Waals surface area contributed by atoms with Crippen LogP contribution in [0.1, 0.15) is 22.0 Å². The van der Waals surface area contributed by atoms with Gasteiger partial charge >= 0.3 is 0 Å². The number of aromatic nitrogens is 5. The summed E-state index contributed by atoms with van der Waals surface area (Å²) in [5.74, 6) is -0.922. The fourth-order valence-corrected chi connectivity index (χ4v) is 3.35. The largest absolute Gasteiger partial charge is 0.266 e. The average Bonchev–Trinajstić information content (AvgIpc) is 3.21. The molecule has 0 aliphatic heterocycles. The van der Waals surface area contributed by atoms with Gasteiger partial charge in [0.05, 0.1) is 23.8 Å². The molecule has 0 aliphatic rings. The van der Waals surface area contributed by atoms with Gasteiger partial charge in [-0.05, 0) is 30.7 Å². The topological polar surface area (TPSA) is 56.5 Å². The van der Waals surface area contributed by atoms with Gasteiger partial charge in [-0.3, -0.25) is 9.67 Å². The number of nitrogens with zero attached hydrogens (tertiary/aromatic N) is 5. The summed E-state index contributed by atoms with van der Waals surface area (Å²) in [5.41, 5.74) is 1.86. The molecule has 4 aromatic rings. The highest BCUT2D eigenvalue weighted by molar-refractivity contribution is 7.11. The average molecular weight is 375 g/mol. The summed E-state index contributed by atoms with van der Waals surface area (Å²) in [4.78, 5) is 4.32. The Hall–Kier alpha value is -2.81. The Morgan fingerprint density at radius 3 is 2.69 bits per heavy atom. The summed E-state index contributed by atoms with van der Waals surface area (Å²) in [5, 5.41) is 14.0. The van der Waals surface area contributed by atoms with Crippen LogP contribution in [0.3, 0.4) is 0 Å². The van der Waals surface area contributed by atoms with Gasteiger partial charge in [0.2, 0.25) is 0 Å². The van der Waals surface area contributed by atoms with E-state index in [1.807, 2.05) is 6.92 Å². The highest BCUT2D eigenvalue weighted by Gasteiger charge is 2.15. The van der Waals surface area contributed by atoms with E-state index in [-0.39, 0.29) is 0 Å². The Bertz CT molecular complexity index is 1090. The van der Waals surface area contributed by atoms with E-state index < -0.39 is 17.8 Å². The van der Waals surface area contributed by atoms with Crippen molar-refractivity contribution in [3.05, 3.63) is 58.1 Å². The van der Waals surface area contributed by atoms with E-state index in [0.717, 1.165) is 27.7 Å². The zero-order valence-corrected chi connectivity index (χ0v) is 14.3. The maximum atomic E-state index is 13.5. The summed E-state index contributed by atoms with van der Waals surface area (Å²) in [6.45, 7) is 2.31. The molecule has 9 heteroatoms. The van der Waals surface area contributed by atoms with Gasteiger partial charge < -0.3 is 0 Å². The van der Waals surface area contributed by atoms with Gasteiger partial charge in [0.25, 0.3) is 6.43 Å². The standard InChI is InChI=1S/C17H12F3N5S/c1-9-23-24-16(26-9)8-25-15-5-11(6-21-14(15)7-22-25)10-2-3-13(18)12(4-10)17(19)20/h2-7,17H,8H2,1H3. The lowest BCUT2D eigenvalue weighted by Crippen LogP contribution is -2.01. The van der Waals surface area contributed by atoms with E-state index in [2.05, 4.69) is 20.3 Å². The zero-order chi connectivity index (χ0) is 18.3. The van der Waals surface area contributed by atoms with Crippen LogP contribution in [0.2, 0.25) is 0 Å². The molecule has 3 heterocycles. The molecule has 3 aromatic heterocycles. The molecule has 0 spiro atoms. The van der Waals surface area contributed by atoms with Crippen molar-refractivity contribution in [2.24, 2.45) is 0 Å². The number of hydrogen-bond acceptors (Lipinski definition) is 5. The normalized spacial score (nSPS) is 11.6. The van der Waals surface area contributed by atoms with E-state index in [9.17, 15) is 13.2 Å². The van der Waals surface area contributed by atoms with Crippen molar-refractivity contribution in [1.82, 2.24) is 25.0 Å². The zero-order valence-electron chi connectivity index (χ0n) is 13.5. The third-order valence-corrected chi connectivity index (χ3v) is 4.74. The Morgan fingerprint density at radius 1 is 1.12 bits per heavy atom. The van der Waals surface area contributed by atoms with Gasteiger partial charge in [0, 0.05) is 11.8 Å². The summed E-state index contributed by atoms with van der Waals surface area (Å²) >= 11 is 1.47. The Balaban J connectivity index is 1.75. The third kappa shape index (κ3) is 3.05. The lowest BCUT2D eigenvalue weighted by molar-refractivity contribution is 0.146. The number of pyridine rings is 1. The van der Waals surface area contributed by atoms with Gasteiger partial charge in [-0.1, -0.05) is 17.4 Å². The second-order valence-electron chi connectivity index (χ2n) is 5.68. The maximum absolute atomic E-state index is 13.5. The molecular weight excluding hydrogens is 363 g/mol. The summed E-state index contributed by atoms with van der Waals surface area (Å²) in [6, 6.07) is 5.45. The predicted molar refractivity (Wildman–Crippen MR) is 91.6 cm³/mol. The SMILES string of the molecule is Cc1nnc(Cn2ncc3ncc(-c4ccc(F)c(C(F)F)c4)cc32)s1. The molecule has 4 rings (SSSR count). The summed E-state index contributed by atoms with van der Waals surface area (Å²) < 4.78 is 41.2. The van der Waals surface area contributed by atoms with E-state index in [1.54, 1.807) is 23.1 Å². The van der Waals surface area contributed by atoms with Crippen LogP contribution >= 0.6 is 11.3 Å². The van der Waals surface area contributed by atoms with Gasteiger partial charge in [-0.2, -0.15) is 5.10 Å². The molecule has 0 aliphatic carbocycles. The molecule has 0 unspecified atom stereocenters. The molecule has 0 amide bonds. The first-order chi connectivity index (χ1) is 12.5. The van der Waals surface area contributed by atoms with Crippen LogP contribution in [0.15, 0.2) is 36.7 Å². The van der Waals surface area contributed by atoms with Crippen LogP contribution < -0.4 is 0 Å². The molecule has 0 fully saturated rings. The van der Waals surface area contributed by atoms with Gasteiger partial charge in [0.1, 0.15) is 21.3 Å². The quantitative estimate of drug-likeness (QED) is 0.531. The number of halogens is 3. The van der Waals surface area contributed by atoms with E-state index in [0.29, 0.717) is 23.2 Å². The van der Waals surface area contributed by atoms with E-state index in [1.165, 1.54) is 17.4 Å². The van der Waals surface area contributed by atoms with Gasteiger partial charge in [0.15, 0.2) is 0 Å². The van der Waals surface area contributed by atoms with E-state index in [4.69, 9.17) is 0 Å². The first-order valence-corrected chi connectivity index (χ1v) is 8.51. The van der Waals surface area contributed by atoms with Gasteiger partial charge in [-0.15, -0.1) is 10.2 Å². The van der Waals surface area contributed by atoms with Crippen molar-refractivity contribution >= 4 is 22.4 Å².